The average Bonchev–Trinajstić information content (AvgIpc) is 2.69. The topological polar surface area (TPSA) is 93.2 Å². The summed E-state index contributed by atoms with van der Waals surface area (Å²) < 4.78 is 1.89. The zero-order chi connectivity index (χ0) is 12.4. The molecule has 0 fully saturated rings. The molecule has 4 N–H and O–H groups in total. The molecule has 0 aliphatic heterocycles. The number of aliphatic hydroxyl groups is 1. The molecular formula is C11H14N4O2. The summed E-state index contributed by atoms with van der Waals surface area (Å²) in [4.78, 5) is 15.6. The van der Waals surface area contributed by atoms with Crippen molar-refractivity contribution in [1.29, 1.82) is 0 Å². The van der Waals surface area contributed by atoms with Crippen molar-refractivity contribution in [2.45, 2.75) is 6.04 Å². The lowest BCUT2D eigenvalue weighted by atomic mass is 10.2. The number of benzene rings is 1. The van der Waals surface area contributed by atoms with Crippen LogP contribution >= 0.6 is 0 Å². The summed E-state index contributed by atoms with van der Waals surface area (Å²) in [6.45, 7) is -0.377. The van der Waals surface area contributed by atoms with Crippen LogP contribution in [0.4, 0.5) is 5.69 Å². The van der Waals surface area contributed by atoms with Gasteiger partial charge in [0, 0.05) is 12.7 Å². The smallest absolute Gasteiger partial charge is 0.243 e. The molecule has 90 valence electrons. The van der Waals surface area contributed by atoms with Gasteiger partial charge in [-0.05, 0) is 18.2 Å². The Kier molecular flexibility index (Phi) is 3.08. The molecule has 6 nitrogen and oxygen atoms in total. The molecule has 0 spiro atoms. The Morgan fingerprint density at radius 3 is 3.12 bits per heavy atom. The van der Waals surface area contributed by atoms with Gasteiger partial charge in [0.05, 0.1) is 24.0 Å². The summed E-state index contributed by atoms with van der Waals surface area (Å²) >= 11 is 0. The van der Waals surface area contributed by atoms with E-state index >= 15 is 0 Å². The fourth-order valence-electron chi connectivity index (χ4n) is 1.53. The molecule has 6 heteroatoms. The number of hydrogen-bond acceptors (Lipinski definition) is 4. The Bertz CT molecular complexity index is 549. The van der Waals surface area contributed by atoms with Crippen LogP contribution in [0.25, 0.3) is 11.0 Å². The highest BCUT2D eigenvalue weighted by atomic mass is 16.3. The number of imidazole rings is 1. The number of nitrogens with one attached hydrogen (secondary N) is 1. The highest BCUT2D eigenvalue weighted by molar-refractivity contribution is 5.96. The lowest BCUT2D eigenvalue weighted by Gasteiger charge is -2.09. The third-order valence-electron chi connectivity index (χ3n) is 2.53. The van der Waals surface area contributed by atoms with Crippen LogP contribution in [-0.2, 0) is 11.8 Å². The van der Waals surface area contributed by atoms with Crippen molar-refractivity contribution in [3.63, 3.8) is 0 Å². The number of hydrogen-bond donors (Lipinski definition) is 3. The Hall–Kier alpha value is -1.92. The summed E-state index contributed by atoms with van der Waals surface area (Å²) in [7, 11) is 1.90. The van der Waals surface area contributed by atoms with Crippen LogP contribution in [0.2, 0.25) is 0 Å². The molecular weight excluding hydrogens is 220 g/mol. The van der Waals surface area contributed by atoms with Gasteiger partial charge in [-0.15, -0.1) is 0 Å². The second kappa shape index (κ2) is 4.52. The van der Waals surface area contributed by atoms with Crippen molar-refractivity contribution in [2.75, 3.05) is 11.9 Å². The average molecular weight is 234 g/mol. The first-order valence-electron chi connectivity index (χ1n) is 5.20. The SMILES string of the molecule is Cn1cnc2cc(NC(=O)C(N)CO)ccc21. The number of carbonyl (C=O) groups is 1. The van der Waals surface area contributed by atoms with E-state index in [0.717, 1.165) is 11.0 Å². The molecule has 1 unspecified atom stereocenters. The highest BCUT2D eigenvalue weighted by Crippen LogP contribution is 2.17. The van der Waals surface area contributed by atoms with Gasteiger partial charge in [-0.25, -0.2) is 4.98 Å². The number of carbonyl (C=O) groups excluding carboxylic acids is 1. The van der Waals surface area contributed by atoms with Crippen LogP contribution in [0.1, 0.15) is 0 Å². The Morgan fingerprint density at radius 2 is 2.41 bits per heavy atom. The number of nitrogens with zero attached hydrogens (tertiary/aromatic N) is 2. The van der Waals surface area contributed by atoms with Crippen molar-refractivity contribution in [2.24, 2.45) is 12.8 Å². The van der Waals surface area contributed by atoms with Gasteiger partial charge in [-0.3, -0.25) is 4.79 Å². The van der Waals surface area contributed by atoms with E-state index < -0.39 is 11.9 Å². The van der Waals surface area contributed by atoms with Crippen LogP contribution in [-0.4, -0.2) is 33.2 Å². The van der Waals surface area contributed by atoms with Gasteiger partial charge in [0.2, 0.25) is 5.91 Å². The predicted octanol–water partition coefficient (Wildman–Crippen LogP) is -0.169. The molecule has 0 radical (unpaired) electrons. The number of aromatic nitrogens is 2. The standard InChI is InChI=1S/C11H14N4O2/c1-15-6-13-9-4-7(2-3-10(9)15)14-11(17)8(12)5-16/h2-4,6,8,16H,5,12H2,1H3,(H,14,17). The first-order valence-corrected chi connectivity index (χ1v) is 5.20. The van der Waals surface area contributed by atoms with E-state index in [4.69, 9.17) is 10.8 Å². The first kappa shape index (κ1) is 11.6. The number of fused-ring (bicyclic) bond motifs is 1. The highest BCUT2D eigenvalue weighted by Gasteiger charge is 2.12. The summed E-state index contributed by atoms with van der Waals surface area (Å²) in [5, 5.41) is 11.4. The van der Waals surface area contributed by atoms with Crippen molar-refractivity contribution >= 4 is 22.6 Å². The number of aryl methyl sites for hydroxylation is 1. The second-order valence-corrected chi connectivity index (χ2v) is 3.84. The normalized spacial score (nSPS) is 12.6. The summed E-state index contributed by atoms with van der Waals surface area (Å²) in [6, 6.07) is 4.49. The fraction of sp³-hybridized carbons (Fsp3) is 0.273. The molecule has 0 saturated carbocycles. The Morgan fingerprint density at radius 1 is 1.65 bits per heavy atom. The number of anilines is 1. The minimum absolute atomic E-state index is 0.377. The number of aliphatic hydroxyl groups excluding tert-OH is 1. The van der Waals surface area contributed by atoms with Gasteiger partial charge in [-0.2, -0.15) is 0 Å². The molecule has 1 amide bonds. The van der Waals surface area contributed by atoms with Crippen molar-refractivity contribution in [3.05, 3.63) is 24.5 Å². The van der Waals surface area contributed by atoms with Crippen LogP contribution < -0.4 is 11.1 Å². The van der Waals surface area contributed by atoms with Crippen LogP contribution in [0.5, 0.6) is 0 Å². The largest absolute Gasteiger partial charge is 0.394 e. The first-order chi connectivity index (χ1) is 8.11. The minimum atomic E-state index is -0.908. The van der Waals surface area contributed by atoms with Crippen LogP contribution in [0.3, 0.4) is 0 Å². The van der Waals surface area contributed by atoms with E-state index in [9.17, 15) is 4.79 Å². The van der Waals surface area contributed by atoms with Crippen molar-refractivity contribution < 1.29 is 9.90 Å². The molecule has 1 atom stereocenters. The Labute approximate surface area is 98.1 Å². The van der Waals surface area contributed by atoms with Crippen molar-refractivity contribution in [1.82, 2.24) is 9.55 Å². The fourth-order valence-corrected chi connectivity index (χ4v) is 1.53. The maximum atomic E-state index is 11.5. The van der Waals surface area contributed by atoms with Crippen molar-refractivity contribution in [3.8, 4) is 0 Å². The quantitative estimate of drug-likeness (QED) is 0.687. The maximum Gasteiger partial charge on any atom is 0.243 e. The molecule has 2 aromatic rings. The van der Waals surface area contributed by atoms with Crippen LogP contribution in [0.15, 0.2) is 24.5 Å². The van der Waals surface area contributed by atoms with Gasteiger partial charge in [-0.1, -0.05) is 0 Å². The summed E-state index contributed by atoms with van der Waals surface area (Å²) in [5.41, 5.74) is 7.79. The van der Waals surface area contributed by atoms with Gasteiger partial charge < -0.3 is 20.7 Å². The molecule has 0 aliphatic rings. The van der Waals surface area contributed by atoms with Gasteiger partial charge in [0.15, 0.2) is 0 Å². The predicted molar refractivity (Wildman–Crippen MR) is 64.4 cm³/mol. The van der Waals surface area contributed by atoms with E-state index in [1.807, 2.05) is 17.7 Å². The molecule has 2 rings (SSSR count). The third kappa shape index (κ3) is 2.27. The van der Waals surface area contributed by atoms with Crippen LogP contribution in [0, 0.1) is 0 Å². The summed E-state index contributed by atoms with van der Waals surface area (Å²) in [5.74, 6) is -0.414. The molecule has 0 saturated heterocycles. The van der Waals surface area contributed by atoms with Gasteiger partial charge in [0.1, 0.15) is 6.04 Å². The lowest BCUT2D eigenvalue weighted by Crippen LogP contribution is -2.38. The molecule has 1 aromatic heterocycles. The molecule has 0 aliphatic carbocycles. The summed E-state index contributed by atoms with van der Waals surface area (Å²) in [6.07, 6.45) is 1.70. The zero-order valence-corrected chi connectivity index (χ0v) is 9.42. The molecule has 1 aromatic carbocycles. The van der Waals surface area contributed by atoms with Gasteiger partial charge in [0.25, 0.3) is 0 Å². The number of nitrogens with two attached hydrogens (primary N) is 1. The lowest BCUT2D eigenvalue weighted by molar-refractivity contribution is -0.118. The monoisotopic (exact) mass is 234 g/mol. The molecule has 1 heterocycles. The van der Waals surface area contributed by atoms with E-state index in [2.05, 4.69) is 10.3 Å². The Balaban J connectivity index is 2.22. The van der Waals surface area contributed by atoms with E-state index in [0.29, 0.717) is 5.69 Å². The third-order valence-corrected chi connectivity index (χ3v) is 2.53. The maximum absolute atomic E-state index is 11.5. The number of amides is 1. The minimum Gasteiger partial charge on any atom is -0.394 e. The van der Waals surface area contributed by atoms with Gasteiger partial charge >= 0.3 is 0 Å². The second-order valence-electron chi connectivity index (χ2n) is 3.84. The zero-order valence-electron chi connectivity index (χ0n) is 9.42. The van der Waals surface area contributed by atoms with E-state index in [-0.39, 0.29) is 6.61 Å². The van der Waals surface area contributed by atoms with E-state index in [1.165, 1.54) is 0 Å². The molecule has 0 bridgehead atoms. The number of rotatable bonds is 3. The molecule has 17 heavy (non-hydrogen) atoms. The van der Waals surface area contributed by atoms with E-state index in [1.54, 1.807) is 18.5 Å².